The lowest BCUT2D eigenvalue weighted by Gasteiger charge is -2.14. The molecule has 1 aliphatic rings. The van der Waals surface area contributed by atoms with E-state index in [1.807, 2.05) is 0 Å². The summed E-state index contributed by atoms with van der Waals surface area (Å²) in [6.07, 6.45) is 3.98. The van der Waals surface area contributed by atoms with Crippen molar-refractivity contribution in [1.29, 1.82) is 0 Å². The zero-order valence-electron chi connectivity index (χ0n) is 16.2. The van der Waals surface area contributed by atoms with Crippen LogP contribution < -0.4 is 10.3 Å². The Labute approximate surface area is 163 Å². The number of hydrogen-bond donors (Lipinski definition) is 0. The van der Waals surface area contributed by atoms with Crippen LogP contribution in [-0.4, -0.2) is 25.3 Å². The molecule has 28 heavy (non-hydrogen) atoms. The number of furan rings is 1. The predicted molar refractivity (Wildman–Crippen MR) is 108 cm³/mol. The molecule has 0 saturated heterocycles. The van der Waals surface area contributed by atoms with Crippen molar-refractivity contribution in [2.75, 3.05) is 12.4 Å². The molecule has 1 saturated carbocycles. The van der Waals surface area contributed by atoms with E-state index in [-0.39, 0.29) is 16.2 Å². The molecule has 1 aromatic carbocycles. The van der Waals surface area contributed by atoms with E-state index in [0.29, 0.717) is 46.1 Å². The van der Waals surface area contributed by atoms with E-state index in [0.717, 1.165) is 12.8 Å². The second-order valence-electron chi connectivity index (χ2n) is 7.37. The standard InChI is InChI=1S/C21H23NO5S/c1-4-28(24,25)15-7-8-19(26-12-14-5-6-14)16(10-15)18-11-22(3)21(23)17-9-13(2)27-20(17)18/h7-11,14H,4-6,12H2,1-3H3. The second kappa shape index (κ2) is 6.81. The third kappa shape index (κ3) is 3.35. The molecule has 0 atom stereocenters. The Morgan fingerprint density at radius 3 is 2.64 bits per heavy atom. The van der Waals surface area contributed by atoms with Gasteiger partial charge in [0, 0.05) is 24.4 Å². The van der Waals surface area contributed by atoms with Gasteiger partial charge in [0.05, 0.1) is 22.6 Å². The Balaban J connectivity index is 1.96. The topological polar surface area (TPSA) is 78.5 Å². The summed E-state index contributed by atoms with van der Waals surface area (Å²) in [4.78, 5) is 12.7. The van der Waals surface area contributed by atoms with E-state index >= 15 is 0 Å². The van der Waals surface area contributed by atoms with Crippen LogP contribution in [0, 0.1) is 12.8 Å². The van der Waals surface area contributed by atoms with Gasteiger partial charge in [0.1, 0.15) is 17.1 Å². The molecule has 6 nitrogen and oxygen atoms in total. The fourth-order valence-corrected chi connectivity index (χ4v) is 4.17. The summed E-state index contributed by atoms with van der Waals surface area (Å²) in [6.45, 7) is 4.00. The summed E-state index contributed by atoms with van der Waals surface area (Å²) in [6, 6.07) is 6.61. The largest absolute Gasteiger partial charge is 0.493 e. The van der Waals surface area contributed by atoms with E-state index in [9.17, 15) is 13.2 Å². The molecule has 0 bridgehead atoms. The van der Waals surface area contributed by atoms with Crippen molar-refractivity contribution in [2.24, 2.45) is 13.0 Å². The number of sulfone groups is 1. The number of hydrogen-bond acceptors (Lipinski definition) is 5. The first-order valence-corrected chi connectivity index (χ1v) is 11.0. The van der Waals surface area contributed by atoms with Gasteiger partial charge in [0.15, 0.2) is 9.84 Å². The van der Waals surface area contributed by atoms with Crippen molar-refractivity contribution in [3.8, 4) is 16.9 Å². The molecule has 0 amide bonds. The van der Waals surface area contributed by atoms with Crippen molar-refractivity contribution in [3.63, 3.8) is 0 Å². The molecule has 0 radical (unpaired) electrons. The summed E-state index contributed by atoms with van der Waals surface area (Å²) in [5, 5.41) is 0.467. The zero-order chi connectivity index (χ0) is 20.1. The smallest absolute Gasteiger partial charge is 0.261 e. The fourth-order valence-electron chi connectivity index (χ4n) is 3.26. The highest BCUT2D eigenvalue weighted by molar-refractivity contribution is 7.91. The minimum absolute atomic E-state index is 0.0112. The molecular formula is C21H23NO5S. The van der Waals surface area contributed by atoms with Crippen LogP contribution in [0.2, 0.25) is 0 Å². The van der Waals surface area contributed by atoms with Crippen LogP contribution in [-0.2, 0) is 16.9 Å². The van der Waals surface area contributed by atoms with Gasteiger partial charge >= 0.3 is 0 Å². The molecule has 0 N–H and O–H groups in total. The van der Waals surface area contributed by atoms with Gasteiger partial charge < -0.3 is 13.7 Å². The molecule has 0 unspecified atom stereocenters. The van der Waals surface area contributed by atoms with Gasteiger partial charge in [-0.3, -0.25) is 4.79 Å². The van der Waals surface area contributed by atoms with E-state index in [2.05, 4.69) is 0 Å². The summed E-state index contributed by atoms with van der Waals surface area (Å²) in [5.74, 6) is 1.78. The molecular weight excluding hydrogens is 378 g/mol. The third-order valence-corrected chi connectivity index (χ3v) is 6.86. The third-order valence-electron chi connectivity index (χ3n) is 5.13. The first-order chi connectivity index (χ1) is 13.3. The molecule has 1 fully saturated rings. The number of fused-ring (bicyclic) bond motifs is 1. The minimum Gasteiger partial charge on any atom is -0.493 e. The van der Waals surface area contributed by atoms with Gasteiger partial charge in [-0.2, -0.15) is 0 Å². The first kappa shape index (κ1) is 18.8. The summed E-state index contributed by atoms with van der Waals surface area (Å²) in [7, 11) is -1.71. The average Bonchev–Trinajstić information content (AvgIpc) is 3.42. The lowest BCUT2D eigenvalue weighted by molar-refractivity contribution is 0.301. The SMILES string of the molecule is CCS(=O)(=O)c1ccc(OCC2CC2)c(-c2cn(C)c(=O)c3cc(C)oc23)c1. The highest BCUT2D eigenvalue weighted by Gasteiger charge is 2.24. The quantitative estimate of drug-likeness (QED) is 0.629. The van der Waals surface area contributed by atoms with Crippen LogP contribution >= 0.6 is 0 Å². The van der Waals surface area contributed by atoms with Crippen LogP contribution in [0.1, 0.15) is 25.5 Å². The minimum atomic E-state index is -3.39. The van der Waals surface area contributed by atoms with Gasteiger partial charge in [0.25, 0.3) is 5.56 Å². The maximum Gasteiger partial charge on any atom is 0.261 e. The molecule has 3 aromatic rings. The van der Waals surface area contributed by atoms with E-state index in [1.165, 1.54) is 4.57 Å². The Hall–Kier alpha value is -2.54. The van der Waals surface area contributed by atoms with Crippen molar-refractivity contribution in [3.05, 3.63) is 46.6 Å². The van der Waals surface area contributed by atoms with Crippen molar-refractivity contribution in [2.45, 2.75) is 31.6 Å². The highest BCUT2D eigenvalue weighted by Crippen LogP contribution is 2.38. The number of ether oxygens (including phenoxy) is 1. The summed E-state index contributed by atoms with van der Waals surface area (Å²) in [5.41, 5.74) is 1.55. The van der Waals surface area contributed by atoms with Crippen LogP contribution in [0.3, 0.4) is 0 Å². The Bertz CT molecular complexity index is 1220. The van der Waals surface area contributed by atoms with E-state index in [1.54, 1.807) is 51.4 Å². The molecule has 148 valence electrons. The van der Waals surface area contributed by atoms with Crippen molar-refractivity contribution >= 4 is 20.8 Å². The number of nitrogens with zero attached hydrogens (tertiary/aromatic N) is 1. The van der Waals surface area contributed by atoms with E-state index in [4.69, 9.17) is 9.15 Å². The monoisotopic (exact) mass is 401 g/mol. The molecule has 4 rings (SSSR count). The summed E-state index contributed by atoms with van der Waals surface area (Å²) >= 11 is 0. The molecule has 0 spiro atoms. The number of benzene rings is 1. The van der Waals surface area contributed by atoms with Crippen LogP contribution in [0.15, 0.2) is 44.6 Å². The molecule has 0 aliphatic heterocycles. The maximum atomic E-state index is 12.5. The van der Waals surface area contributed by atoms with E-state index < -0.39 is 9.84 Å². The Kier molecular flexibility index (Phi) is 4.57. The Morgan fingerprint density at radius 1 is 1.21 bits per heavy atom. The molecule has 7 heteroatoms. The molecule has 2 aromatic heterocycles. The number of pyridine rings is 1. The zero-order valence-corrected chi connectivity index (χ0v) is 17.0. The Morgan fingerprint density at radius 2 is 1.96 bits per heavy atom. The van der Waals surface area contributed by atoms with Gasteiger partial charge in [-0.15, -0.1) is 0 Å². The average molecular weight is 401 g/mol. The van der Waals surface area contributed by atoms with Crippen LogP contribution in [0.25, 0.3) is 22.1 Å². The van der Waals surface area contributed by atoms with Crippen molar-refractivity contribution in [1.82, 2.24) is 4.57 Å². The fraction of sp³-hybridized carbons (Fsp3) is 0.381. The second-order valence-corrected chi connectivity index (χ2v) is 9.65. The molecule has 1 aliphatic carbocycles. The predicted octanol–water partition coefficient (Wildman–Crippen LogP) is 3.69. The lowest BCUT2D eigenvalue weighted by atomic mass is 10.0. The van der Waals surface area contributed by atoms with Gasteiger partial charge in [0.2, 0.25) is 0 Å². The normalized spacial score (nSPS) is 14.5. The molecule has 2 heterocycles. The number of rotatable bonds is 6. The number of aromatic nitrogens is 1. The van der Waals surface area contributed by atoms with Gasteiger partial charge in [-0.05, 0) is 49.9 Å². The lowest BCUT2D eigenvalue weighted by Crippen LogP contribution is -2.16. The van der Waals surface area contributed by atoms with Gasteiger partial charge in [-0.25, -0.2) is 8.42 Å². The maximum absolute atomic E-state index is 12.5. The van der Waals surface area contributed by atoms with Crippen molar-refractivity contribution < 1.29 is 17.6 Å². The van der Waals surface area contributed by atoms with Crippen LogP contribution in [0.4, 0.5) is 0 Å². The van der Waals surface area contributed by atoms with Gasteiger partial charge in [-0.1, -0.05) is 6.92 Å². The number of aryl methyl sites for hydroxylation is 2. The summed E-state index contributed by atoms with van der Waals surface area (Å²) < 4.78 is 38.2. The first-order valence-electron chi connectivity index (χ1n) is 9.40. The highest BCUT2D eigenvalue weighted by atomic mass is 32.2. The van der Waals surface area contributed by atoms with Crippen LogP contribution in [0.5, 0.6) is 5.75 Å².